The van der Waals surface area contributed by atoms with Gasteiger partial charge in [0, 0.05) is 23.7 Å². The molecule has 1 rings (SSSR count). The summed E-state index contributed by atoms with van der Waals surface area (Å²) >= 11 is 1.73. The molecular weight excluding hydrogens is 210 g/mol. The molecule has 5 heteroatoms. The van der Waals surface area contributed by atoms with E-state index in [1.54, 1.807) is 24.0 Å². The maximum absolute atomic E-state index is 11.7. The highest BCUT2D eigenvalue weighted by atomic mass is 32.2. The number of rotatable bonds is 5. The van der Waals surface area contributed by atoms with E-state index in [1.807, 2.05) is 6.26 Å². The SMILES string of the molecule is CCC(CSC)NC(=O)c1cc(N)c[nH]1. The highest BCUT2D eigenvalue weighted by molar-refractivity contribution is 7.98. The Hall–Kier alpha value is -1.10. The van der Waals surface area contributed by atoms with Crippen molar-refractivity contribution < 1.29 is 4.79 Å². The van der Waals surface area contributed by atoms with Crippen molar-refractivity contribution in [3.8, 4) is 0 Å². The van der Waals surface area contributed by atoms with Gasteiger partial charge in [0.2, 0.25) is 0 Å². The Kier molecular flexibility index (Phi) is 4.55. The number of thioether (sulfide) groups is 1. The van der Waals surface area contributed by atoms with Crippen molar-refractivity contribution >= 4 is 23.4 Å². The number of anilines is 1. The van der Waals surface area contributed by atoms with Gasteiger partial charge in [-0.3, -0.25) is 4.79 Å². The Labute approximate surface area is 94.0 Å². The Balaban J connectivity index is 2.54. The predicted octanol–water partition coefficient (Wildman–Crippen LogP) is 1.47. The highest BCUT2D eigenvalue weighted by Gasteiger charge is 2.12. The summed E-state index contributed by atoms with van der Waals surface area (Å²) in [5.41, 5.74) is 6.62. The third kappa shape index (κ3) is 3.51. The molecule has 0 aliphatic heterocycles. The average Bonchev–Trinajstić information content (AvgIpc) is 2.64. The van der Waals surface area contributed by atoms with E-state index in [1.165, 1.54) is 0 Å². The van der Waals surface area contributed by atoms with Gasteiger partial charge < -0.3 is 16.0 Å². The topological polar surface area (TPSA) is 70.9 Å². The molecule has 0 radical (unpaired) electrons. The lowest BCUT2D eigenvalue weighted by Crippen LogP contribution is -2.36. The second kappa shape index (κ2) is 5.70. The number of hydrogen-bond acceptors (Lipinski definition) is 3. The molecule has 0 aromatic carbocycles. The third-order valence-electron chi connectivity index (χ3n) is 2.15. The van der Waals surface area contributed by atoms with Crippen molar-refractivity contribution in [3.63, 3.8) is 0 Å². The van der Waals surface area contributed by atoms with Crippen LogP contribution < -0.4 is 11.1 Å². The van der Waals surface area contributed by atoms with Crippen molar-refractivity contribution in [2.45, 2.75) is 19.4 Å². The van der Waals surface area contributed by atoms with Gasteiger partial charge in [0.1, 0.15) is 5.69 Å². The number of amides is 1. The largest absolute Gasteiger partial charge is 0.397 e. The van der Waals surface area contributed by atoms with E-state index in [2.05, 4.69) is 17.2 Å². The summed E-state index contributed by atoms with van der Waals surface area (Å²) in [5.74, 6) is 0.839. The third-order valence-corrected chi connectivity index (χ3v) is 2.88. The van der Waals surface area contributed by atoms with Gasteiger partial charge in [-0.25, -0.2) is 0 Å². The number of aromatic nitrogens is 1. The molecule has 0 aliphatic carbocycles. The number of nitrogens with one attached hydrogen (secondary N) is 2. The molecule has 0 saturated carbocycles. The van der Waals surface area contributed by atoms with Crippen LogP contribution in [0.2, 0.25) is 0 Å². The maximum Gasteiger partial charge on any atom is 0.268 e. The zero-order valence-corrected chi connectivity index (χ0v) is 9.86. The van der Waals surface area contributed by atoms with Gasteiger partial charge in [0.05, 0.1) is 0 Å². The first-order valence-corrected chi connectivity index (χ1v) is 6.30. The Morgan fingerprint density at radius 3 is 2.93 bits per heavy atom. The van der Waals surface area contributed by atoms with Crippen LogP contribution in [0.15, 0.2) is 12.3 Å². The molecule has 4 N–H and O–H groups in total. The molecule has 84 valence electrons. The van der Waals surface area contributed by atoms with Crippen LogP contribution in [0.3, 0.4) is 0 Å². The van der Waals surface area contributed by atoms with Crippen LogP contribution in [0.25, 0.3) is 0 Å². The van der Waals surface area contributed by atoms with Crippen LogP contribution in [0, 0.1) is 0 Å². The van der Waals surface area contributed by atoms with E-state index >= 15 is 0 Å². The summed E-state index contributed by atoms with van der Waals surface area (Å²) in [4.78, 5) is 14.5. The smallest absolute Gasteiger partial charge is 0.268 e. The lowest BCUT2D eigenvalue weighted by atomic mass is 10.2. The van der Waals surface area contributed by atoms with E-state index in [0.717, 1.165) is 12.2 Å². The molecule has 4 nitrogen and oxygen atoms in total. The molecule has 15 heavy (non-hydrogen) atoms. The van der Waals surface area contributed by atoms with Crippen molar-refractivity contribution in [3.05, 3.63) is 18.0 Å². The second-order valence-corrected chi connectivity index (χ2v) is 4.29. The number of nitrogens with two attached hydrogens (primary N) is 1. The maximum atomic E-state index is 11.7. The van der Waals surface area contributed by atoms with E-state index in [0.29, 0.717) is 11.4 Å². The minimum absolute atomic E-state index is 0.0902. The second-order valence-electron chi connectivity index (χ2n) is 3.38. The fourth-order valence-electron chi connectivity index (χ4n) is 1.27. The van der Waals surface area contributed by atoms with Crippen molar-refractivity contribution in [1.29, 1.82) is 0 Å². The minimum atomic E-state index is -0.0902. The van der Waals surface area contributed by atoms with Crippen LogP contribution >= 0.6 is 11.8 Å². The molecule has 0 fully saturated rings. The highest BCUT2D eigenvalue weighted by Crippen LogP contribution is 2.06. The fraction of sp³-hybridized carbons (Fsp3) is 0.500. The van der Waals surface area contributed by atoms with Crippen LogP contribution in [0.4, 0.5) is 5.69 Å². The Morgan fingerprint density at radius 1 is 1.73 bits per heavy atom. The Bertz CT molecular complexity index is 324. The van der Waals surface area contributed by atoms with E-state index in [9.17, 15) is 4.79 Å². The summed E-state index contributed by atoms with van der Waals surface area (Å²) in [5, 5.41) is 2.95. The molecule has 0 aliphatic rings. The number of nitrogen functional groups attached to an aromatic ring is 1. The van der Waals surface area contributed by atoms with Crippen LogP contribution in [0.5, 0.6) is 0 Å². The van der Waals surface area contributed by atoms with Crippen LogP contribution in [0.1, 0.15) is 23.8 Å². The van der Waals surface area contributed by atoms with Gasteiger partial charge in [0.15, 0.2) is 0 Å². The molecule has 1 amide bonds. The summed E-state index contributed by atoms with van der Waals surface area (Å²) in [7, 11) is 0. The van der Waals surface area contributed by atoms with Gasteiger partial charge in [-0.2, -0.15) is 11.8 Å². The zero-order valence-electron chi connectivity index (χ0n) is 9.04. The normalized spacial score (nSPS) is 12.4. The van der Waals surface area contributed by atoms with E-state index in [-0.39, 0.29) is 11.9 Å². The lowest BCUT2D eigenvalue weighted by molar-refractivity contribution is 0.0935. The van der Waals surface area contributed by atoms with Gasteiger partial charge in [-0.05, 0) is 18.7 Å². The number of hydrogen-bond donors (Lipinski definition) is 3. The lowest BCUT2D eigenvalue weighted by Gasteiger charge is -2.14. The Morgan fingerprint density at radius 2 is 2.47 bits per heavy atom. The molecule has 0 spiro atoms. The number of carbonyl (C=O) groups excluding carboxylic acids is 1. The summed E-state index contributed by atoms with van der Waals surface area (Å²) < 4.78 is 0. The fourth-order valence-corrected chi connectivity index (χ4v) is 1.99. The average molecular weight is 227 g/mol. The van der Waals surface area contributed by atoms with Gasteiger partial charge in [0.25, 0.3) is 5.91 Å². The molecular formula is C10H17N3OS. The van der Waals surface area contributed by atoms with E-state index < -0.39 is 0 Å². The number of carbonyl (C=O) groups is 1. The van der Waals surface area contributed by atoms with Gasteiger partial charge in [-0.1, -0.05) is 6.92 Å². The van der Waals surface area contributed by atoms with Gasteiger partial charge >= 0.3 is 0 Å². The standard InChI is InChI=1S/C10H17N3OS/c1-3-8(6-15-2)13-10(14)9-4-7(11)5-12-9/h4-5,8,12H,3,6,11H2,1-2H3,(H,13,14). The van der Waals surface area contributed by atoms with Crippen molar-refractivity contribution in [2.75, 3.05) is 17.7 Å². The predicted molar refractivity (Wildman–Crippen MR) is 65.1 cm³/mol. The van der Waals surface area contributed by atoms with Crippen molar-refractivity contribution in [1.82, 2.24) is 10.3 Å². The molecule has 0 bridgehead atoms. The molecule has 1 aromatic heterocycles. The monoisotopic (exact) mass is 227 g/mol. The van der Waals surface area contributed by atoms with Crippen LogP contribution in [-0.4, -0.2) is 28.9 Å². The molecule has 1 aromatic rings. The quantitative estimate of drug-likeness (QED) is 0.713. The van der Waals surface area contributed by atoms with E-state index in [4.69, 9.17) is 5.73 Å². The zero-order chi connectivity index (χ0) is 11.3. The first kappa shape index (κ1) is 12.0. The summed E-state index contributed by atoms with van der Waals surface area (Å²) in [6.07, 6.45) is 4.58. The summed E-state index contributed by atoms with van der Waals surface area (Å²) in [6, 6.07) is 1.86. The summed E-state index contributed by atoms with van der Waals surface area (Å²) in [6.45, 7) is 2.06. The molecule has 0 saturated heterocycles. The first-order valence-electron chi connectivity index (χ1n) is 4.91. The number of aromatic amines is 1. The molecule has 1 unspecified atom stereocenters. The molecule has 1 heterocycles. The number of H-pyrrole nitrogens is 1. The van der Waals surface area contributed by atoms with Crippen molar-refractivity contribution in [2.24, 2.45) is 0 Å². The molecule has 1 atom stereocenters. The first-order chi connectivity index (χ1) is 7.17. The minimum Gasteiger partial charge on any atom is -0.397 e. The van der Waals surface area contributed by atoms with Gasteiger partial charge in [-0.15, -0.1) is 0 Å². The van der Waals surface area contributed by atoms with Crippen LogP contribution in [-0.2, 0) is 0 Å².